The van der Waals surface area contributed by atoms with Gasteiger partial charge in [-0.05, 0) is 54.3 Å². The number of hydrogen-bond donors (Lipinski definition) is 1. The largest absolute Gasteiger partial charge is 0.493 e. The molecule has 0 aliphatic carbocycles. The number of nitrogen functional groups attached to an aromatic ring is 1. The normalized spacial score (nSPS) is 19.1. The molecule has 1 heterocycles. The molecule has 1 aliphatic heterocycles. The van der Waals surface area contributed by atoms with Crippen LogP contribution in [0.1, 0.15) is 39.7 Å². The molecule has 2 unspecified atom stereocenters. The highest BCUT2D eigenvalue weighted by Crippen LogP contribution is 2.46. The van der Waals surface area contributed by atoms with Crippen molar-refractivity contribution >= 4 is 5.69 Å². The molecule has 0 radical (unpaired) electrons. The van der Waals surface area contributed by atoms with E-state index in [1.807, 2.05) is 18.2 Å². The molecule has 2 atom stereocenters. The fourth-order valence-electron chi connectivity index (χ4n) is 3.76. The molecule has 2 heteroatoms. The lowest BCUT2D eigenvalue weighted by atomic mass is 9.75. The van der Waals surface area contributed by atoms with Crippen LogP contribution in [0, 0.1) is 13.8 Å². The number of aryl methyl sites for hydroxylation is 2. The third-order valence-electron chi connectivity index (χ3n) is 5.33. The number of anilines is 1. The fourth-order valence-corrected chi connectivity index (χ4v) is 3.76. The van der Waals surface area contributed by atoms with E-state index in [0.29, 0.717) is 6.61 Å². The van der Waals surface area contributed by atoms with E-state index in [0.717, 1.165) is 11.4 Å². The predicted molar refractivity (Wildman–Crippen MR) is 103 cm³/mol. The van der Waals surface area contributed by atoms with E-state index < -0.39 is 0 Å². The van der Waals surface area contributed by atoms with E-state index in [1.165, 1.54) is 27.8 Å². The summed E-state index contributed by atoms with van der Waals surface area (Å²) in [5, 5.41) is 0. The van der Waals surface area contributed by atoms with E-state index in [1.54, 1.807) is 0 Å². The summed E-state index contributed by atoms with van der Waals surface area (Å²) in [7, 11) is 0. The molecule has 0 saturated heterocycles. The Morgan fingerprint density at radius 2 is 1.56 bits per heavy atom. The van der Waals surface area contributed by atoms with E-state index in [9.17, 15) is 0 Å². The Balaban J connectivity index is 1.85. The minimum absolute atomic E-state index is 0.271. The van der Waals surface area contributed by atoms with Crippen molar-refractivity contribution in [1.29, 1.82) is 0 Å². The Labute approximate surface area is 149 Å². The van der Waals surface area contributed by atoms with E-state index in [-0.39, 0.29) is 11.8 Å². The van der Waals surface area contributed by atoms with Gasteiger partial charge in [-0.2, -0.15) is 0 Å². The Kier molecular flexibility index (Phi) is 3.96. The second-order valence-electron chi connectivity index (χ2n) is 6.94. The van der Waals surface area contributed by atoms with Crippen molar-refractivity contribution in [2.24, 2.45) is 0 Å². The maximum atomic E-state index is 6.11. The zero-order chi connectivity index (χ0) is 17.4. The second kappa shape index (κ2) is 6.29. The minimum atomic E-state index is 0.271. The molecule has 2 nitrogen and oxygen atoms in total. The molecular formula is C23H23NO. The van der Waals surface area contributed by atoms with Crippen LogP contribution in [0.5, 0.6) is 5.75 Å². The maximum Gasteiger partial charge on any atom is 0.123 e. The molecule has 3 aromatic rings. The number of para-hydroxylation sites is 1. The SMILES string of the molecule is Cc1ccc(C2COc3ccccc3C2c2ccc(N)cc2)cc1C. The molecular weight excluding hydrogens is 306 g/mol. The van der Waals surface area contributed by atoms with Crippen LogP contribution in [0.25, 0.3) is 0 Å². The van der Waals surface area contributed by atoms with Crippen molar-refractivity contribution in [3.63, 3.8) is 0 Å². The van der Waals surface area contributed by atoms with Crippen LogP contribution in [-0.2, 0) is 0 Å². The summed E-state index contributed by atoms with van der Waals surface area (Å²) in [6.07, 6.45) is 0. The van der Waals surface area contributed by atoms with Gasteiger partial charge in [-0.3, -0.25) is 0 Å². The molecule has 0 fully saturated rings. The highest BCUT2D eigenvalue weighted by Gasteiger charge is 2.33. The molecule has 0 amide bonds. The van der Waals surface area contributed by atoms with Gasteiger partial charge in [-0.1, -0.05) is 48.5 Å². The molecule has 0 aromatic heterocycles. The molecule has 3 aromatic carbocycles. The first-order valence-electron chi connectivity index (χ1n) is 8.78. The van der Waals surface area contributed by atoms with Crippen LogP contribution >= 0.6 is 0 Å². The van der Waals surface area contributed by atoms with Gasteiger partial charge in [-0.25, -0.2) is 0 Å². The number of nitrogens with two attached hydrogens (primary N) is 1. The van der Waals surface area contributed by atoms with E-state index in [2.05, 4.69) is 62.4 Å². The van der Waals surface area contributed by atoms with Crippen LogP contribution in [0.15, 0.2) is 66.7 Å². The number of benzene rings is 3. The molecule has 0 spiro atoms. The van der Waals surface area contributed by atoms with Crippen molar-refractivity contribution in [3.8, 4) is 5.75 Å². The molecule has 4 rings (SSSR count). The van der Waals surface area contributed by atoms with E-state index >= 15 is 0 Å². The third-order valence-corrected chi connectivity index (χ3v) is 5.33. The second-order valence-corrected chi connectivity index (χ2v) is 6.94. The summed E-state index contributed by atoms with van der Waals surface area (Å²) in [6.45, 7) is 5.02. The summed E-state index contributed by atoms with van der Waals surface area (Å²) in [4.78, 5) is 0. The molecule has 126 valence electrons. The lowest BCUT2D eigenvalue weighted by Crippen LogP contribution is -2.25. The van der Waals surface area contributed by atoms with Crippen LogP contribution in [0.4, 0.5) is 5.69 Å². The highest BCUT2D eigenvalue weighted by molar-refractivity contribution is 5.50. The molecule has 0 bridgehead atoms. The molecule has 2 N–H and O–H groups in total. The van der Waals surface area contributed by atoms with Crippen molar-refractivity contribution < 1.29 is 4.74 Å². The van der Waals surface area contributed by atoms with Gasteiger partial charge in [0.1, 0.15) is 5.75 Å². The minimum Gasteiger partial charge on any atom is -0.493 e. The number of ether oxygens (including phenoxy) is 1. The van der Waals surface area contributed by atoms with E-state index in [4.69, 9.17) is 10.5 Å². The molecule has 25 heavy (non-hydrogen) atoms. The van der Waals surface area contributed by atoms with Crippen LogP contribution < -0.4 is 10.5 Å². The lowest BCUT2D eigenvalue weighted by Gasteiger charge is -2.34. The summed E-state index contributed by atoms with van der Waals surface area (Å²) in [5.74, 6) is 1.55. The van der Waals surface area contributed by atoms with Gasteiger partial charge < -0.3 is 10.5 Å². The number of fused-ring (bicyclic) bond motifs is 1. The van der Waals surface area contributed by atoms with Gasteiger partial charge in [0.25, 0.3) is 0 Å². The fraction of sp³-hybridized carbons (Fsp3) is 0.217. The first-order valence-corrected chi connectivity index (χ1v) is 8.78. The smallest absolute Gasteiger partial charge is 0.123 e. The summed E-state index contributed by atoms with van der Waals surface area (Å²) in [6, 6.07) is 23.4. The van der Waals surface area contributed by atoms with Gasteiger partial charge in [-0.15, -0.1) is 0 Å². The summed E-state index contributed by atoms with van der Waals surface area (Å²) in [5.41, 5.74) is 13.2. The summed E-state index contributed by atoms with van der Waals surface area (Å²) >= 11 is 0. The van der Waals surface area contributed by atoms with Gasteiger partial charge in [0, 0.05) is 23.1 Å². The zero-order valence-electron chi connectivity index (χ0n) is 14.7. The maximum absolute atomic E-state index is 6.11. The Morgan fingerprint density at radius 1 is 0.840 bits per heavy atom. The van der Waals surface area contributed by atoms with Crippen LogP contribution in [-0.4, -0.2) is 6.61 Å². The van der Waals surface area contributed by atoms with Crippen molar-refractivity contribution in [2.45, 2.75) is 25.7 Å². The Morgan fingerprint density at radius 3 is 2.32 bits per heavy atom. The number of hydrogen-bond acceptors (Lipinski definition) is 2. The van der Waals surface area contributed by atoms with Gasteiger partial charge in [0.05, 0.1) is 6.61 Å². The molecule has 1 aliphatic rings. The Bertz CT molecular complexity index is 898. The van der Waals surface area contributed by atoms with Crippen molar-refractivity contribution in [3.05, 3.63) is 94.5 Å². The van der Waals surface area contributed by atoms with Gasteiger partial charge >= 0.3 is 0 Å². The molecule has 0 saturated carbocycles. The standard InChI is InChI=1S/C23H23NO/c1-15-7-8-18(13-16(15)2)21-14-25-22-6-4-3-5-20(22)23(21)17-9-11-19(24)12-10-17/h3-13,21,23H,14,24H2,1-2H3. The van der Waals surface area contributed by atoms with Gasteiger partial charge in [0.15, 0.2) is 0 Å². The highest BCUT2D eigenvalue weighted by atomic mass is 16.5. The topological polar surface area (TPSA) is 35.2 Å². The van der Waals surface area contributed by atoms with Gasteiger partial charge in [0.2, 0.25) is 0 Å². The monoisotopic (exact) mass is 329 g/mol. The first kappa shape index (κ1) is 15.8. The third kappa shape index (κ3) is 2.89. The van der Waals surface area contributed by atoms with Crippen LogP contribution in [0.2, 0.25) is 0 Å². The number of rotatable bonds is 2. The lowest BCUT2D eigenvalue weighted by molar-refractivity contribution is 0.249. The average Bonchev–Trinajstić information content (AvgIpc) is 2.64. The predicted octanol–water partition coefficient (Wildman–Crippen LogP) is 5.19. The summed E-state index contributed by atoms with van der Waals surface area (Å²) < 4.78 is 6.11. The Hall–Kier alpha value is -2.74. The average molecular weight is 329 g/mol. The first-order chi connectivity index (χ1) is 12.1. The van der Waals surface area contributed by atoms with Crippen molar-refractivity contribution in [1.82, 2.24) is 0 Å². The van der Waals surface area contributed by atoms with Crippen molar-refractivity contribution in [2.75, 3.05) is 12.3 Å². The zero-order valence-corrected chi connectivity index (χ0v) is 14.7. The quantitative estimate of drug-likeness (QED) is 0.656. The van der Waals surface area contributed by atoms with Crippen LogP contribution in [0.3, 0.4) is 0 Å².